The normalized spacial score (nSPS) is 19.1. The van der Waals surface area contributed by atoms with Gasteiger partial charge in [-0.1, -0.05) is 13.0 Å². The number of nitrogens with one attached hydrogen (secondary N) is 1. The van der Waals surface area contributed by atoms with E-state index in [1.165, 1.54) is 39.1 Å². The Bertz CT molecular complexity index is 162. The zero-order valence-electron chi connectivity index (χ0n) is 10.0. The molecule has 0 aromatic carbocycles. The van der Waals surface area contributed by atoms with Crippen molar-refractivity contribution < 1.29 is 0 Å². The average Bonchev–Trinajstić information content (AvgIpc) is 2.52. The molecule has 1 saturated heterocycles. The van der Waals surface area contributed by atoms with Crippen LogP contribution in [0.25, 0.3) is 0 Å². The maximum absolute atomic E-state index is 3.79. The summed E-state index contributed by atoms with van der Waals surface area (Å²) in [5.74, 6) is 0. The summed E-state index contributed by atoms with van der Waals surface area (Å²) >= 11 is 0. The predicted octanol–water partition coefficient (Wildman–Crippen LogP) is 0.790. The molecule has 0 atom stereocenters. The lowest BCUT2D eigenvalue weighted by Crippen LogP contribution is -2.37. The second kappa shape index (κ2) is 7.85. The molecular weight excluding hydrogens is 186 g/mol. The molecule has 3 nitrogen and oxygen atoms in total. The molecule has 0 aromatic heterocycles. The van der Waals surface area contributed by atoms with Crippen LogP contribution >= 0.6 is 0 Å². The Balaban J connectivity index is 2.18. The lowest BCUT2D eigenvalue weighted by molar-refractivity contribution is 0.228. The molecule has 1 aliphatic rings. The molecule has 1 fully saturated rings. The van der Waals surface area contributed by atoms with Gasteiger partial charge in [-0.2, -0.15) is 0 Å². The standard InChI is InChI=1S/C12H25N3/c1-3-8-14(4-2)11-12-15-9-5-6-13-7-10-15/h3,13H,1,4-12H2,2H3. The van der Waals surface area contributed by atoms with Gasteiger partial charge in [0.15, 0.2) is 0 Å². The highest BCUT2D eigenvalue weighted by Gasteiger charge is 2.09. The molecule has 1 N–H and O–H groups in total. The van der Waals surface area contributed by atoms with E-state index in [2.05, 4.69) is 28.6 Å². The average molecular weight is 211 g/mol. The Hall–Kier alpha value is -0.380. The molecule has 88 valence electrons. The number of likely N-dealkylation sites (N-methyl/N-ethyl adjacent to an activating group) is 1. The van der Waals surface area contributed by atoms with Crippen LogP contribution in [0.5, 0.6) is 0 Å². The molecule has 0 bridgehead atoms. The highest BCUT2D eigenvalue weighted by molar-refractivity contribution is 4.74. The van der Waals surface area contributed by atoms with Gasteiger partial charge in [-0.05, 0) is 26.1 Å². The van der Waals surface area contributed by atoms with Gasteiger partial charge in [-0.3, -0.25) is 4.90 Å². The van der Waals surface area contributed by atoms with Crippen LogP contribution in [0.3, 0.4) is 0 Å². The zero-order valence-corrected chi connectivity index (χ0v) is 10.0. The quantitative estimate of drug-likeness (QED) is 0.655. The SMILES string of the molecule is C=CCN(CC)CCN1CCCNCC1. The van der Waals surface area contributed by atoms with Gasteiger partial charge in [-0.25, -0.2) is 0 Å². The van der Waals surface area contributed by atoms with E-state index in [4.69, 9.17) is 0 Å². The van der Waals surface area contributed by atoms with Gasteiger partial charge >= 0.3 is 0 Å². The van der Waals surface area contributed by atoms with Crippen LogP contribution in [0.15, 0.2) is 12.7 Å². The first kappa shape index (κ1) is 12.7. The molecular formula is C12H25N3. The number of rotatable bonds is 6. The molecule has 3 heteroatoms. The van der Waals surface area contributed by atoms with Gasteiger partial charge in [-0.15, -0.1) is 6.58 Å². The Kier molecular flexibility index (Phi) is 6.64. The van der Waals surface area contributed by atoms with Crippen molar-refractivity contribution in [3.8, 4) is 0 Å². The molecule has 0 aromatic rings. The van der Waals surface area contributed by atoms with Crippen molar-refractivity contribution in [2.45, 2.75) is 13.3 Å². The predicted molar refractivity (Wildman–Crippen MR) is 66.2 cm³/mol. The summed E-state index contributed by atoms with van der Waals surface area (Å²) in [4.78, 5) is 5.00. The Labute approximate surface area is 94.1 Å². The van der Waals surface area contributed by atoms with Gasteiger partial charge in [0.05, 0.1) is 0 Å². The molecule has 0 spiro atoms. The van der Waals surface area contributed by atoms with Gasteiger partial charge in [0, 0.05) is 32.7 Å². The summed E-state index contributed by atoms with van der Waals surface area (Å²) in [6.07, 6.45) is 3.28. The van der Waals surface area contributed by atoms with Crippen molar-refractivity contribution in [1.29, 1.82) is 0 Å². The second-order valence-corrected chi connectivity index (χ2v) is 4.13. The fraction of sp³-hybridized carbons (Fsp3) is 0.833. The molecule has 0 radical (unpaired) electrons. The van der Waals surface area contributed by atoms with E-state index in [9.17, 15) is 0 Å². The lowest BCUT2D eigenvalue weighted by Gasteiger charge is -2.24. The summed E-state index contributed by atoms with van der Waals surface area (Å²) < 4.78 is 0. The Morgan fingerprint density at radius 2 is 2.27 bits per heavy atom. The van der Waals surface area contributed by atoms with Crippen LogP contribution < -0.4 is 5.32 Å². The van der Waals surface area contributed by atoms with Crippen molar-refractivity contribution >= 4 is 0 Å². The van der Waals surface area contributed by atoms with E-state index in [1.54, 1.807) is 0 Å². The summed E-state index contributed by atoms with van der Waals surface area (Å²) in [5.41, 5.74) is 0. The largest absolute Gasteiger partial charge is 0.315 e. The highest BCUT2D eigenvalue weighted by atomic mass is 15.2. The molecule has 15 heavy (non-hydrogen) atoms. The fourth-order valence-corrected chi connectivity index (χ4v) is 1.97. The Morgan fingerprint density at radius 1 is 1.40 bits per heavy atom. The third-order valence-corrected chi connectivity index (χ3v) is 3.00. The second-order valence-electron chi connectivity index (χ2n) is 4.13. The lowest BCUT2D eigenvalue weighted by atomic mass is 10.3. The van der Waals surface area contributed by atoms with Gasteiger partial charge < -0.3 is 10.2 Å². The van der Waals surface area contributed by atoms with Crippen molar-refractivity contribution in [3.63, 3.8) is 0 Å². The minimum absolute atomic E-state index is 1.02. The van der Waals surface area contributed by atoms with E-state index in [0.29, 0.717) is 0 Å². The van der Waals surface area contributed by atoms with Crippen molar-refractivity contribution in [2.75, 3.05) is 52.4 Å². The number of hydrogen-bond donors (Lipinski definition) is 1. The maximum atomic E-state index is 3.79. The first-order valence-electron chi connectivity index (χ1n) is 6.13. The fourth-order valence-electron chi connectivity index (χ4n) is 1.97. The van der Waals surface area contributed by atoms with Crippen LogP contribution in [0.2, 0.25) is 0 Å². The van der Waals surface area contributed by atoms with E-state index in [1.807, 2.05) is 6.08 Å². The molecule has 1 heterocycles. The third-order valence-electron chi connectivity index (χ3n) is 3.00. The molecule has 0 aliphatic carbocycles. The first-order chi connectivity index (χ1) is 7.36. The van der Waals surface area contributed by atoms with Gasteiger partial charge in [0.1, 0.15) is 0 Å². The van der Waals surface area contributed by atoms with Crippen LogP contribution in [0.1, 0.15) is 13.3 Å². The first-order valence-corrected chi connectivity index (χ1v) is 6.13. The van der Waals surface area contributed by atoms with E-state index in [-0.39, 0.29) is 0 Å². The molecule has 1 rings (SSSR count). The Morgan fingerprint density at radius 3 is 3.00 bits per heavy atom. The minimum Gasteiger partial charge on any atom is -0.315 e. The van der Waals surface area contributed by atoms with Crippen molar-refractivity contribution in [1.82, 2.24) is 15.1 Å². The summed E-state index contributed by atoms with van der Waals surface area (Å²) in [5, 5.41) is 3.43. The summed E-state index contributed by atoms with van der Waals surface area (Å²) in [7, 11) is 0. The summed E-state index contributed by atoms with van der Waals surface area (Å²) in [6, 6.07) is 0. The molecule has 0 amide bonds. The van der Waals surface area contributed by atoms with Crippen molar-refractivity contribution in [2.24, 2.45) is 0 Å². The summed E-state index contributed by atoms with van der Waals surface area (Å²) in [6.45, 7) is 15.3. The van der Waals surface area contributed by atoms with Gasteiger partial charge in [0.2, 0.25) is 0 Å². The van der Waals surface area contributed by atoms with Gasteiger partial charge in [0.25, 0.3) is 0 Å². The van der Waals surface area contributed by atoms with E-state index in [0.717, 1.165) is 19.6 Å². The molecule has 0 unspecified atom stereocenters. The van der Waals surface area contributed by atoms with E-state index >= 15 is 0 Å². The van der Waals surface area contributed by atoms with Crippen LogP contribution in [-0.2, 0) is 0 Å². The number of hydrogen-bond acceptors (Lipinski definition) is 3. The van der Waals surface area contributed by atoms with Crippen LogP contribution in [0.4, 0.5) is 0 Å². The minimum atomic E-state index is 1.02. The maximum Gasteiger partial charge on any atom is 0.0161 e. The van der Waals surface area contributed by atoms with Crippen LogP contribution in [-0.4, -0.2) is 62.2 Å². The highest BCUT2D eigenvalue weighted by Crippen LogP contribution is 1.96. The van der Waals surface area contributed by atoms with E-state index < -0.39 is 0 Å². The van der Waals surface area contributed by atoms with Crippen LogP contribution in [0, 0.1) is 0 Å². The zero-order chi connectivity index (χ0) is 10.9. The molecule has 1 aliphatic heterocycles. The third kappa shape index (κ3) is 5.30. The molecule has 0 saturated carbocycles. The smallest absolute Gasteiger partial charge is 0.0161 e. The monoisotopic (exact) mass is 211 g/mol. The number of nitrogens with zero attached hydrogens (tertiary/aromatic N) is 2. The topological polar surface area (TPSA) is 18.5 Å². The van der Waals surface area contributed by atoms with Crippen molar-refractivity contribution in [3.05, 3.63) is 12.7 Å².